The summed E-state index contributed by atoms with van der Waals surface area (Å²) in [7, 11) is 0. The monoisotopic (exact) mass is 379 g/mol. The molecule has 0 radical (unpaired) electrons. The molecule has 1 amide bonds. The van der Waals surface area contributed by atoms with Crippen molar-refractivity contribution in [2.24, 2.45) is 0 Å². The van der Waals surface area contributed by atoms with Crippen LogP contribution >= 0.6 is 0 Å². The van der Waals surface area contributed by atoms with Crippen molar-refractivity contribution in [2.75, 3.05) is 6.61 Å². The second-order valence-corrected chi connectivity index (χ2v) is 6.37. The number of esters is 1. The van der Waals surface area contributed by atoms with Crippen LogP contribution in [0.15, 0.2) is 60.9 Å². The van der Waals surface area contributed by atoms with Crippen LogP contribution < -0.4 is 5.32 Å². The zero-order chi connectivity index (χ0) is 19.8. The van der Waals surface area contributed by atoms with Crippen LogP contribution in [0.25, 0.3) is 5.69 Å². The molecule has 0 spiro atoms. The molecule has 3 rings (SSSR count). The highest BCUT2D eigenvalue weighted by atomic mass is 16.5. The molecule has 0 aliphatic rings. The fraction of sp³-hybridized carbons (Fsp3) is 0.250. The van der Waals surface area contributed by atoms with Gasteiger partial charge in [-0.2, -0.15) is 0 Å². The summed E-state index contributed by atoms with van der Waals surface area (Å²) in [6, 6.07) is 16.6. The van der Waals surface area contributed by atoms with E-state index < -0.39 is 5.97 Å². The topological polar surface area (TPSA) is 99.0 Å². The van der Waals surface area contributed by atoms with Crippen LogP contribution in [0.5, 0.6) is 0 Å². The predicted octanol–water partition coefficient (Wildman–Crippen LogP) is 1.96. The number of amides is 1. The Morgan fingerprint density at radius 3 is 2.54 bits per heavy atom. The van der Waals surface area contributed by atoms with Crippen molar-refractivity contribution in [3.8, 4) is 5.69 Å². The van der Waals surface area contributed by atoms with Crippen LogP contribution in [-0.2, 0) is 16.0 Å². The number of hydrogen-bond acceptors (Lipinski definition) is 6. The average Bonchev–Trinajstić information content (AvgIpc) is 3.26. The van der Waals surface area contributed by atoms with Crippen LogP contribution in [0.2, 0.25) is 0 Å². The van der Waals surface area contributed by atoms with Crippen molar-refractivity contribution in [1.82, 2.24) is 25.5 Å². The van der Waals surface area contributed by atoms with E-state index in [2.05, 4.69) is 33.0 Å². The fourth-order valence-corrected chi connectivity index (χ4v) is 2.66. The van der Waals surface area contributed by atoms with Crippen molar-refractivity contribution in [2.45, 2.75) is 25.8 Å². The summed E-state index contributed by atoms with van der Waals surface area (Å²) in [5.74, 6) is -0.880. The fourth-order valence-electron chi connectivity index (χ4n) is 2.66. The molecule has 0 aliphatic carbocycles. The molecule has 8 heteroatoms. The number of ether oxygens (including phenoxy) is 1. The van der Waals surface area contributed by atoms with E-state index in [4.69, 9.17) is 4.74 Å². The van der Waals surface area contributed by atoms with E-state index in [0.29, 0.717) is 11.3 Å². The quantitative estimate of drug-likeness (QED) is 0.601. The smallest absolute Gasteiger partial charge is 0.338 e. The van der Waals surface area contributed by atoms with Crippen LogP contribution in [0, 0.1) is 0 Å². The Bertz CT molecular complexity index is 895. The normalized spacial score (nSPS) is 11.6. The zero-order valence-corrected chi connectivity index (χ0v) is 15.5. The van der Waals surface area contributed by atoms with Gasteiger partial charge in [-0.25, -0.2) is 9.48 Å². The third-order valence-corrected chi connectivity index (χ3v) is 4.17. The van der Waals surface area contributed by atoms with E-state index in [0.717, 1.165) is 12.8 Å². The van der Waals surface area contributed by atoms with E-state index in [1.54, 1.807) is 24.3 Å². The number of aryl methyl sites for hydroxylation is 1. The van der Waals surface area contributed by atoms with Crippen molar-refractivity contribution in [1.29, 1.82) is 0 Å². The summed E-state index contributed by atoms with van der Waals surface area (Å²) in [6.07, 6.45) is 3.13. The van der Waals surface area contributed by atoms with Crippen molar-refractivity contribution < 1.29 is 14.3 Å². The second kappa shape index (κ2) is 9.40. The number of tetrazole rings is 1. The molecule has 1 atom stereocenters. The number of nitrogens with one attached hydrogen (secondary N) is 1. The number of hydrogen-bond donors (Lipinski definition) is 1. The number of benzene rings is 2. The number of carbonyl (C=O) groups excluding carboxylic acids is 2. The lowest BCUT2D eigenvalue weighted by Gasteiger charge is -2.14. The Morgan fingerprint density at radius 1 is 1.11 bits per heavy atom. The van der Waals surface area contributed by atoms with Gasteiger partial charge in [-0.15, -0.1) is 5.10 Å². The van der Waals surface area contributed by atoms with Gasteiger partial charge in [-0.3, -0.25) is 4.79 Å². The molecule has 8 nitrogen and oxygen atoms in total. The van der Waals surface area contributed by atoms with Gasteiger partial charge in [0.05, 0.1) is 11.3 Å². The Kier molecular flexibility index (Phi) is 6.46. The molecule has 3 aromatic rings. The minimum atomic E-state index is -0.560. The highest BCUT2D eigenvalue weighted by Gasteiger charge is 2.12. The van der Waals surface area contributed by atoms with Gasteiger partial charge < -0.3 is 10.1 Å². The second-order valence-electron chi connectivity index (χ2n) is 6.37. The van der Waals surface area contributed by atoms with Crippen LogP contribution in [0.3, 0.4) is 0 Å². The number of nitrogens with zero attached hydrogens (tertiary/aromatic N) is 4. The lowest BCUT2D eigenvalue weighted by molar-refractivity contribution is -0.124. The molecule has 2 aromatic carbocycles. The summed E-state index contributed by atoms with van der Waals surface area (Å²) in [6.45, 7) is 1.61. The van der Waals surface area contributed by atoms with E-state index in [1.165, 1.54) is 16.6 Å². The summed E-state index contributed by atoms with van der Waals surface area (Å²) in [5, 5.41) is 13.7. The van der Waals surface area contributed by atoms with E-state index in [1.807, 2.05) is 25.1 Å². The Morgan fingerprint density at radius 2 is 1.86 bits per heavy atom. The van der Waals surface area contributed by atoms with Crippen molar-refractivity contribution in [3.63, 3.8) is 0 Å². The average molecular weight is 379 g/mol. The third kappa shape index (κ3) is 5.47. The molecule has 0 saturated heterocycles. The van der Waals surface area contributed by atoms with Crippen molar-refractivity contribution in [3.05, 3.63) is 72.1 Å². The molecule has 28 heavy (non-hydrogen) atoms. The van der Waals surface area contributed by atoms with Gasteiger partial charge in [-0.05, 0) is 60.0 Å². The minimum Gasteiger partial charge on any atom is -0.452 e. The largest absolute Gasteiger partial charge is 0.452 e. The van der Waals surface area contributed by atoms with Gasteiger partial charge in [0.25, 0.3) is 5.91 Å². The molecule has 0 saturated carbocycles. The minimum absolute atomic E-state index is 0.0121. The highest BCUT2D eigenvalue weighted by Crippen LogP contribution is 2.09. The van der Waals surface area contributed by atoms with Gasteiger partial charge >= 0.3 is 5.97 Å². The molecule has 1 aromatic heterocycles. The zero-order valence-electron chi connectivity index (χ0n) is 15.5. The Balaban J connectivity index is 1.41. The molecule has 0 fully saturated rings. The van der Waals surface area contributed by atoms with Gasteiger partial charge in [0.15, 0.2) is 6.61 Å². The molecule has 0 unspecified atom stereocenters. The Labute approximate surface area is 162 Å². The van der Waals surface area contributed by atoms with Crippen LogP contribution in [0.1, 0.15) is 29.3 Å². The SMILES string of the molecule is C[C@H](CCc1ccccc1)NC(=O)COC(=O)c1ccc(-n2cnnn2)cc1. The standard InChI is InChI=1S/C20H21N5O3/c1-15(7-8-16-5-3-2-4-6-16)22-19(26)13-28-20(27)17-9-11-18(12-10-17)25-14-21-23-24-25/h2-6,9-12,14-15H,7-8,13H2,1H3,(H,22,26)/t15-/m1/s1. The maximum absolute atomic E-state index is 12.1. The van der Waals surface area contributed by atoms with Gasteiger partial charge in [0.1, 0.15) is 6.33 Å². The lowest BCUT2D eigenvalue weighted by Crippen LogP contribution is -2.36. The summed E-state index contributed by atoms with van der Waals surface area (Å²) < 4.78 is 6.56. The maximum Gasteiger partial charge on any atom is 0.338 e. The van der Waals surface area contributed by atoms with Crippen LogP contribution in [-0.4, -0.2) is 44.7 Å². The molecule has 0 aliphatic heterocycles. The lowest BCUT2D eigenvalue weighted by atomic mass is 10.1. The maximum atomic E-state index is 12.1. The molecular formula is C20H21N5O3. The molecule has 1 N–H and O–H groups in total. The summed E-state index contributed by atoms with van der Waals surface area (Å²) in [5.41, 5.74) is 2.29. The van der Waals surface area contributed by atoms with E-state index >= 15 is 0 Å². The first-order valence-electron chi connectivity index (χ1n) is 8.95. The van der Waals surface area contributed by atoms with Gasteiger partial charge in [0, 0.05) is 6.04 Å². The first-order valence-corrected chi connectivity index (χ1v) is 8.95. The number of rotatable bonds is 8. The number of aromatic nitrogens is 4. The van der Waals surface area contributed by atoms with Crippen LogP contribution in [0.4, 0.5) is 0 Å². The third-order valence-electron chi connectivity index (χ3n) is 4.17. The van der Waals surface area contributed by atoms with E-state index in [-0.39, 0.29) is 18.6 Å². The van der Waals surface area contributed by atoms with E-state index in [9.17, 15) is 9.59 Å². The molecular weight excluding hydrogens is 358 g/mol. The highest BCUT2D eigenvalue weighted by molar-refractivity contribution is 5.91. The summed E-state index contributed by atoms with van der Waals surface area (Å²) >= 11 is 0. The van der Waals surface area contributed by atoms with Gasteiger partial charge in [-0.1, -0.05) is 30.3 Å². The predicted molar refractivity (Wildman–Crippen MR) is 102 cm³/mol. The molecule has 0 bridgehead atoms. The number of carbonyl (C=O) groups is 2. The first-order chi connectivity index (χ1) is 13.6. The van der Waals surface area contributed by atoms with Crippen molar-refractivity contribution >= 4 is 11.9 Å². The Hall–Kier alpha value is -3.55. The molecule has 1 heterocycles. The molecule has 144 valence electrons. The van der Waals surface area contributed by atoms with Gasteiger partial charge in [0.2, 0.25) is 0 Å². The first kappa shape index (κ1) is 19.2. The summed E-state index contributed by atoms with van der Waals surface area (Å²) in [4.78, 5) is 24.1.